The number of nitrogens with zero attached hydrogens (tertiary/aromatic N) is 2. The number of carbonyl (C=O) groups is 1. The van der Waals surface area contributed by atoms with Crippen molar-refractivity contribution in [2.24, 2.45) is 0 Å². The Labute approximate surface area is 197 Å². The lowest BCUT2D eigenvalue weighted by Crippen LogP contribution is -2.49. The number of furan rings is 1. The van der Waals surface area contributed by atoms with Crippen LogP contribution in [0.4, 0.5) is 5.69 Å². The predicted octanol–water partition coefficient (Wildman–Crippen LogP) is 4.89. The van der Waals surface area contributed by atoms with Gasteiger partial charge in [0.1, 0.15) is 11.5 Å². The van der Waals surface area contributed by atoms with Gasteiger partial charge < -0.3 is 19.4 Å². The van der Waals surface area contributed by atoms with E-state index >= 15 is 0 Å². The average Bonchev–Trinajstić information content (AvgIpc) is 3.36. The molecule has 0 radical (unpaired) electrons. The zero-order chi connectivity index (χ0) is 22.5. The van der Waals surface area contributed by atoms with Crippen molar-refractivity contribution in [3.8, 4) is 5.75 Å². The molecule has 3 aromatic rings. The Hall–Kier alpha value is -2.67. The molecule has 1 amide bonds. The highest BCUT2D eigenvalue weighted by Gasteiger charge is 2.27. The van der Waals surface area contributed by atoms with E-state index in [1.54, 1.807) is 31.6 Å². The van der Waals surface area contributed by atoms with Gasteiger partial charge in [-0.25, -0.2) is 0 Å². The van der Waals surface area contributed by atoms with Crippen molar-refractivity contribution in [3.05, 3.63) is 82.2 Å². The first-order valence-electron chi connectivity index (χ1n) is 10.4. The van der Waals surface area contributed by atoms with Crippen LogP contribution in [-0.2, 0) is 0 Å². The van der Waals surface area contributed by atoms with Crippen LogP contribution >= 0.6 is 23.2 Å². The number of rotatable bonds is 7. The smallest absolute Gasteiger partial charge is 0.251 e. The van der Waals surface area contributed by atoms with E-state index in [-0.39, 0.29) is 11.9 Å². The monoisotopic (exact) mass is 473 g/mol. The Balaban J connectivity index is 1.40. The molecule has 0 spiro atoms. The Morgan fingerprint density at radius 1 is 1.06 bits per heavy atom. The van der Waals surface area contributed by atoms with Gasteiger partial charge in [-0.15, -0.1) is 0 Å². The summed E-state index contributed by atoms with van der Waals surface area (Å²) < 4.78 is 11.0. The summed E-state index contributed by atoms with van der Waals surface area (Å²) in [4.78, 5) is 17.4. The molecule has 8 heteroatoms. The molecule has 0 aliphatic carbocycles. The number of ether oxygens (including phenoxy) is 1. The molecule has 32 heavy (non-hydrogen) atoms. The third-order valence-corrected chi connectivity index (χ3v) is 6.44. The van der Waals surface area contributed by atoms with Crippen LogP contribution in [-0.4, -0.2) is 50.6 Å². The van der Waals surface area contributed by atoms with E-state index in [9.17, 15) is 4.79 Å². The van der Waals surface area contributed by atoms with Crippen molar-refractivity contribution in [3.63, 3.8) is 0 Å². The molecule has 2 heterocycles. The number of nitrogens with one attached hydrogen (secondary N) is 1. The number of methoxy groups -OCH3 is 1. The van der Waals surface area contributed by atoms with Crippen molar-refractivity contribution >= 4 is 34.8 Å². The van der Waals surface area contributed by atoms with Crippen LogP contribution < -0.4 is 15.0 Å². The van der Waals surface area contributed by atoms with Crippen LogP contribution in [0.3, 0.4) is 0 Å². The molecular formula is C24H25Cl2N3O3. The molecule has 0 bridgehead atoms. The lowest BCUT2D eigenvalue weighted by molar-refractivity contribution is 0.0923. The standard InChI is InChI=1S/C24H25Cl2N3O3/c1-31-19-7-5-18(6-8-19)28-10-12-29(13-11-28)22(23-3-2-14-32-23)16-27-24(30)17-4-9-20(25)21(26)15-17/h2-9,14-15,22H,10-13,16H2,1H3,(H,27,30). The molecule has 1 saturated heterocycles. The molecule has 4 rings (SSSR count). The molecule has 1 atom stereocenters. The minimum Gasteiger partial charge on any atom is -0.497 e. The van der Waals surface area contributed by atoms with Crippen molar-refractivity contribution in [1.82, 2.24) is 10.2 Å². The zero-order valence-electron chi connectivity index (χ0n) is 17.8. The zero-order valence-corrected chi connectivity index (χ0v) is 19.3. The first-order chi connectivity index (χ1) is 15.5. The van der Waals surface area contributed by atoms with Crippen LogP contribution in [0.5, 0.6) is 5.75 Å². The predicted molar refractivity (Wildman–Crippen MR) is 127 cm³/mol. The normalized spacial score (nSPS) is 15.4. The maximum Gasteiger partial charge on any atom is 0.251 e. The van der Waals surface area contributed by atoms with E-state index in [1.807, 2.05) is 24.3 Å². The maximum absolute atomic E-state index is 12.7. The largest absolute Gasteiger partial charge is 0.497 e. The van der Waals surface area contributed by atoms with Crippen LogP contribution in [0.1, 0.15) is 22.2 Å². The highest BCUT2D eigenvalue weighted by molar-refractivity contribution is 6.42. The molecule has 1 fully saturated rings. The van der Waals surface area contributed by atoms with E-state index in [0.717, 1.165) is 37.7 Å². The number of piperazine rings is 1. The van der Waals surface area contributed by atoms with E-state index < -0.39 is 0 Å². The molecule has 1 N–H and O–H groups in total. The molecule has 1 aliphatic rings. The fraction of sp³-hybridized carbons (Fsp3) is 0.292. The average molecular weight is 474 g/mol. The van der Waals surface area contributed by atoms with Gasteiger partial charge >= 0.3 is 0 Å². The van der Waals surface area contributed by atoms with Gasteiger partial charge in [0.15, 0.2) is 0 Å². The lowest BCUT2D eigenvalue weighted by atomic mass is 10.1. The van der Waals surface area contributed by atoms with E-state index in [4.69, 9.17) is 32.4 Å². The summed E-state index contributed by atoms with van der Waals surface area (Å²) in [5.74, 6) is 1.48. The second kappa shape index (κ2) is 10.3. The first-order valence-corrected chi connectivity index (χ1v) is 11.2. The highest BCUT2D eigenvalue weighted by Crippen LogP contribution is 2.26. The minimum atomic E-state index is -0.197. The molecule has 2 aromatic carbocycles. The summed E-state index contributed by atoms with van der Waals surface area (Å²) in [6.07, 6.45) is 1.66. The van der Waals surface area contributed by atoms with Crippen molar-refractivity contribution in [2.45, 2.75) is 6.04 Å². The third kappa shape index (κ3) is 5.21. The first kappa shape index (κ1) is 22.5. The van der Waals surface area contributed by atoms with Crippen molar-refractivity contribution in [1.29, 1.82) is 0 Å². The van der Waals surface area contributed by atoms with E-state index in [2.05, 4.69) is 27.2 Å². The van der Waals surface area contributed by atoms with Crippen molar-refractivity contribution < 1.29 is 13.9 Å². The van der Waals surface area contributed by atoms with Gasteiger partial charge in [-0.3, -0.25) is 9.69 Å². The summed E-state index contributed by atoms with van der Waals surface area (Å²) in [6.45, 7) is 3.88. The molecule has 1 aliphatic heterocycles. The quantitative estimate of drug-likeness (QED) is 0.529. The number of benzene rings is 2. The van der Waals surface area contributed by atoms with Gasteiger partial charge in [0.05, 0.1) is 29.5 Å². The molecule has 6 nitrogen and oxygen atoms in total. The van der Waals surface area contributed by atoms with Crippen LogP contribution in [0.15, 0.2) is 65.3 Å². The van der Waals surface area contributed by atoms with Crippen LogP contribution in [0.25, 0.3) is 0 Å². The summed E-state index contributed by atoms with van der Waals surface area (Å²) in [6, 6.07) is 16.7. The highest BCUT2D eigenvalue weighted by atomic mass is 35.5. The number of halogens is 2. The van der Waals surface area contributed by atoms with E-state index in [0.29, 0.717) is 22.2 Å². The number of hydrogen-bond acceptors (Lipinski definition) is 5. The van der Waals surface area contributed by atoms with Gasteiger partial charge in [0.25, 0.3) is 5.91 Å². The van der Waals surface area contributed by atoms with Gasteiger partial charge in [0, 0.05) is 44.0 Å². The second-order valence-electron chi connectivity index (χ2n) is 7.59. The van der Waals surface area contributed by atoms with Gasteiger partial charge in [0.2, 0.25) is 0 Å². The van der Waals surface area contributed by atoms with Crippen LogP contribution in [0, 0.1) is 0 Å². The Morgan fingerprint density at radius 3 is 2.44 bits per heavy atom. The van der Waals surface area contributed by atoms with Gasteiger partial charge in [-0.2, -0.15) is 0 Å². The van der Waals surface area contributed by atoms with Crippen LogP contribution in [0.2, 0.25) is 10.0 Å². The summed E-state index contributed by atoms with van der Waals surface area (Å²) in [7, 11) is 1.67. The Morgan fingerprint density at radius 2 is 1.81 bits per heavy atom. The molecule has 168 valence electrons. The topological polar surface area (TPSA) is 58.0 Å². The Kier molecular flexibility index (Phi) is 7.25. The molecule has 0 saturated carbocycles. The third-order valence-electron chi connectivity index (χ3n) is 5.70. The maximum atomic E-state index is 12.7. The lowest BCUT2D eigenvalue weighted by Gasteiger charge is -2.39. The number of hydrogen-bond donors (Lipinski definition) is 1. The number of amides is 1. The molecule has 1 aromatic heterocycles. The van der Waals surface area contributed by atoms with Gasteiger partial charge in [-0.05, 0) is 54.6 Å². The molecular weight excluding hydrogens is 449 g/mol. The second-order valence-corrected chi connectivity index (χ2v) is 8.41. The fourth-order valence-corrected chi connectivity index (χ4v) is 4.20. The molecule has 1 unspecified atom stereocenters. The minimum absolute atomic E-state index is 0.0604. The van der Waals surface area contributed by atoms with E-state index in [1.165, 1.54) is 5.69 Å². The summed E-state index contributed by atoms with van der Waals surface area (Å²) in [5, 5.41) is 3.80. The fourth-order valence-electron chi connectivity index (χ4n) is 3.90. The Bertz CT molecular complexity index is 1030. The van der Waals surface area contributed by atoms with Gasteiger partial charge in [-0.1, -0.05) is 23.2 Å². The summed E-state index contributed by atoms with van der Waals surface area (Å²) in [5.41, 5.74) is 1.65. The van der Waals surface area contributed by atoms with Crippen molar-refractivity contribution in [2.75, 3.05) is 44.7 Å². The number of carbonyl (C=O) groups excluding carboxylic acids is 1. The summed E-state index contributed by atoms with van der Waals surface area (Å²) >= 11 is 12.0. The number of anilines is 1. The SMILES string of the molecule is COc1ccc(N2CCN(C(CNC(=O)c3ccc(Cl)c(Cl)c3)c3ccco3)CC2)cc1.